The minimum absolute atomic E-state index is 0.798. The molecule has 0 aliphatic carbocycles. The van der Waals surface area contributed by atoms with Gasteiger partial charge in [0, 0.05) is 0 Å². The van der Waals surface area contributed by atoms with E-state index < -0.39 is 0 Å². The van der Waals surface area contributed by atoms with Crippen molar-refractivity contribution in [2.24, 2.45) is 0 Å². The van der Waals surface area contributed by atoms with Crippen LogP contribution in [0, 0.1) is 7.14 Å². The summed E-state index contributed by atoms with van der Waals surface area (Å²) in [5.41, 5.74) is 0. The van der Waals surface area contributed by atoms with Crippen molar-refractivity contribution in [2.75, 3.05) is 13.2 Å². The maximum atomic E-state index is 6.00. The van der Waals surface area contributed by atoms with Crippen molar-refractivity contribution >= 4 is 45.2 Å². The molecule has 4 heteroatoms. The molecule has 0 aliphatic rings. The molecule has 126 valence electrons. The molecule has 0 fully saturated rings. The Bertz CT molecular complexity index is 422. The van der Waals surface area contributed by atoms with Gasteiger partial charge in [-0.05, 0) is 70.2 Å². The predicted molar refractivity (Wildman–Crippen MR) is 111 cm³/mol. The van der Waals surface area contributed by atoms with Gasteiger partial charge >= 0.3 is 0 Å². The lowest BCUT2D eigenvalue weighted by Gasteiger charge is -2.14. The molecule has 2 nitrogen and oxygen atoms in total. The van der Waals surface area contributed by atoms with Crippen LogP contribution in [-0.4, -0.2) is 13.2 Å². The van der Waals surface area contributed by atoms with Gasteiger partial charge in [-0.25, -0.2) is 0 Å². The highest BCUT2D eigenvalue weighted by Gasteiger charge is 2.12. The lowest BCUT2D eigenvalue weighted by Crippen LogP contribution is -2.04. The van der Waals surface area contributed by atoms with Crippen molar-refractivity contribution in [3.63, 3.8) is 0 Å². The number of hydrogen-bond acceptors (Lipinski definition) is 2. The minimum atomic E-state index is 0.798. The van der Waals surface area contributed by atoms with Crippen molar-refractivity contribution in [2.45, 2.75) is 65.2 Å². The van der Waals surface area contributed by atoms with Crippen molar-refractivity contribution < 1.29 is 9.47 Å². The van der Waals surface area contributed by atoms with Gasteiger partial charge in [-0.3, -0.25) is 0 Å². The molecule has 0 saturated carbocycles. The first-order valence-electron chi connectivity index (χ1n) is 8.44. The molecule has 1 aromatic carbocycles. The molecule has 0 bridgehead atoms. The predicted octanol–water partition coefficient (Wildman–Crippen LogP) is 6.81. The van der Waals surface area contributed by atoms with E-state index in [1.165, 1.54) is 38.5 Å². The zero-order valence-corrected chi connectivity index (χ0v) is 18.1. The molecule has 0 aliphatic heterocycles. The van der Waals surface area contributed by atoms with Gasteiger partial charge in [-0.1, -0.05) is 52.4 Å². The molecule has 0 radical (unpaired) electrons. The first-order valence-corrected chi connectivity index (χ1v) is 10.6. The van der Waals surface area contributed by atoms with E-state index in [4.69, 9.17) is 9.47 Å². The van der Waals surface area contributed by atoms with Gasteiger partial charge in [0.05, 0.1) is 20.4 Å². The smallest absolute Gasteiger partial charge is 0.149 e. The second-order valence-electron chi connectivity index (χ2n) is 5.51. The monoisotopic (exact) mass is 530 g/mol. The number of rotatable bonds is 12. The molecular weight excluding hydrogens is 502 g/mol. The van der Waals surface area contributed by atoms with Crippen LogP contribution in [-0.2, 0) is 0 Å². The lowest BCUT2D eigenvalue weighted by molar-refractivity contribution is 0.285. The summed E-state index contributed by atoms with van der Waals surface area (Å²) < 4.78 is 14.2. The average molecular weight is 530 g/mol. The molecule has 0 spiro atoms. The zero-order chi connectivity index (χ0) is 16.2. The van der Waals surface area contributed by atoms with Crippen LogP contribution in [0.1, 0.15) is 65.2 Å². The van der Waals surface area contributed by atoms with Crippen molar-refractivity contribution in [3.05, 3.63) is 19.3 Å². The van der Waals surface area contributed by atoms with E-state index in [1.807, 2.05) is 0 Å². The van der Waals surface area contributed by atoms with Gasteiger partial charge in [0.2, 0.25) is 0 Å². The Morgan fingerprint density at radius 2 is 1.36 bits per heavy atom. The first-order chi connectivity index (χ1) is 10.7. The van der Waals surface area contributed by atoms with Crippen molar-refractivity contribution in [1.29, 1.82) is 0 Å². The number of benzene rings is 1. The zero-order valence-electron chi connectivity index (χ0n) is 13.8. The van der Waals surface area contributed by atoms with E-state index in [1.54, 1.807) is 0 Å². The maximum absolute atomic E-state index is 6.00. The van der Waals surface area contributed by atoms with Gasteiger partial charge < -0.3 is 9.47 Å². The van der Waals surface area contributed by atoms with Gasteiger partial charge in [0.1, 0.15) is 11.5 Å². The normalized spacial score (nSPS) is 10.7. The average Bonchev–Trinajstić information content (AvgIpc) is 2.51. The Labute approximate surface area is 163 Å². The van der Waals surface area contributed by atoms with Gasteiger partial charge in [0.25, 0.3) is 0 Å². The second-order valence-corrected chi connectivity index (χ2v) is 7.75. The van der Waals surface area contributed by atoms with Gasteiger partial charge in [-0.2, -0.15) is 0 Å². The van der Waals surface area contributed by atoms with E-state index >= 15 is 0 Å². The van der Waals surface area contributed by atoms with E-state index in [0.29, 0.717) is 0 Å². The van der Waals surface area contributed by atoms with Crippen LogP contribution < -0.4 is 9.47 Å². The van der Waals surface area contributed by atoms with E-state index in [-0.39, 0.29) is 0 Å². The fourth-order valence-corrected chi connectivity index (χ4v) is 4.08. The van der Waals surface area contributed by atoms with Crippen LogP contribution in [0.2, 0.25) is 0 Å². The Hall–Kier alpha value is 0.280. The Balaban J connectivity index is 2.48. The first kappa shape index (κ1) is 20.3. The number of halogens is 2. The summed E-state index contributed by atoms with van der Waals surface area (Å²) in [5.74, 6) is 1.95. The largest absolute Gasteiger partial charge is 0.492 e. The Kier molecular flexibility index (Phi) is 11.7. The quantitative estimate of drug-likeness (QED) is 0.218. The van der Waals surface area contributed by atoms with Crippen molar-refractivity contribution in [3.8, 4) is 11.5 Å². The lowest BCUT2D eigenvalue weighted by atomic mass is 10.2. The summed E-state index contributed by atoms with van der Waals surface area (Å²) in [7, 11) is 0. The van der Waals surface area contributed by atoms with Gasteiger partial charge in [-0.15, -0.1) is 0 Å². The SMILES string of the molecule is CCCCCCOc1ccc(I)c(OCCCCCC)c1I. The molecule has 0 saturated heterocycles. The number of hydrogen-bond donors (Lipinski definition) is 0. The molecule has 0 N–H and O–H groups in total. The van der Waals surface area contributed by atoms with Crippen LogP contribution >= 0.6 is 45.2 Å². The molecule has 0 amide bonds. The highest BCUT2D eigenvalue weighted by atomic mass is 127. The topological polar surface area (TPSA) is 18.5 Å². The van der Waals surface area contributed by atoms with E-state index in [2.05, 4.69) is 71.2 Å². The van der Waals surface area contributed by atoms with Crippen molar-refractivity contribution in [1.82, 2.24) is 0 Å². The summed E-state index contributed by atoms with van der Waals surface area (Å²) in [6.45, 7) is 6.06. The number of ether oxygens (including phenoxy) is 2. The molecule has 1 aromatic rings. The summed E-state index contributed by atoms with van der Waals surface area (Å²) in [4.78, 5) is 0. The van der Waals surface area contributed by atoms with Crippen LogP contribution in [0.4, 0.5) is 0 Å². The summed E-state index contributed by atoms with van der Waals surface area (Å²) in [6, 6.07) is 4.15. The third kappa shape index (κ3) is 7.70. The summed E-state index contributed by atoms with van der Waals surface area (Å²) >= 11 is 4.69. The number of unbranched alkanes of at least 4 members (excludes halogenated alkanes) is 6. The molecule has 0 aromatic heterocycles. The molecule has 0 atom stereocenters. The highest BCUT2D eigenvalue weighted by Crippen LogP contribution is 2.34. The Morgan fingerprint density at radius 3 is 1.95 bits per heavy atom. The summed E-state index contributed by atoms with van der Waals surface area (Å²) in [5, 5.41) is 0. The standard InChI is InChI=1S/C18H28I2O2/c1-3-5-7-9-13-21-16-12-11-15(19)18(17(16)20)22-14-10-8-6-4-2/h11-12H,3-10,13-14H2,1-2H3. The van der Waals surface area contributed by atoms with Crippen LogP contribution in [0.25, 0.3) is 0 Å². The Morgan fingerprint density at radius 1 is 0.773 bits per heavy atom. The van der Waals surface area contributed by atoms with Crippen LogP contribution in [0.15, 0.2) is 12.1 Å². The molecular formula is C18H28I2O2. The van der Waals surface area contributed by atoms with Crippen LogP contribution in [0.3, 0.4) is 0 Å². The van der Waals surface area contributed by atoms with Gasteiger partial charge in [0.15, 0.2) is 0 Å². The molecule has 22 heavy (non-hydrogen) atoms. The fraction of sp³-hybridized carbons (Fsp3) is 0.667. The molecule has 0 heterocycles. The van der Waals surface area contributed by atoms with Crippen LogP contribution in [0.5, 0.6) is 11.5 Å². The third-order valence-electron chi connectivity index (χ3n) is 3.51. The maximum Gasteiger partial charge on any atom is 0.149 e. The van der Waals surface area contributed by atoms with E-state index in [9.17, 15) is 0 Å². The highest BCUT2D eigenvalue weighted by molar-refractivity contribution is 14.1. The fourth-order valence-electron chi connectivity index (χ4n) is 2.17. The second kappa shape index (κ2) is 12.7. The molecule has 1 rings (SSSR count). The summed E-state index contributed by atoms with van der Waals surface area (Å²) in [6.07, 6.45) is 9.85. The third-order valence-corrected chi connectivity index (χ3v) is 5.38. The molecule has 0 unspecified atom stereocenters. The minimum Gasteiger partial charge on any atom is -0.492 e. The van der Waals surface area contributed by atoms with E-state index in [0.717, 1.165) is 44.7 Å².